The van der Waals surface area contributed by atoms with Crippen LogP contribution in [0.3, 0.4) is 0 Å². The summed E-state index contributed by atoms with van der Waals surface area (Å²) in [5.74, 6) is 0.954. The third kappa shape index (κ3) is 1.01. The van der Waals surface area contributed by atoms with Crippen LogP contribution in [0.25, 0.3) is 0 Å². The molecule has 0 aromatic heterocycles. The van der Waals surface area contributed by atoms with Gasteiger partial charge in [-0.05, 0) is 5.92 Å². The molecular formula is C6H12O2. The largest absolute Gasteiger partial charge is 0.396 e. The van der Waals surface area contributed by atoms with E-state index in [1.807, 2.05) is 0 Å². The van der Waals surface area contributed by atoms with Crippen LogP contribution in [0.2, 0.25) is 0 Å². The number of rotatable bonds is 1. The van der Waals surface area contributed by atoms with E-state index in [-0.39, 0.29) is 6.61 Å². The standard InChI is InChI=1S/C6H12O2/c1-5-3-8-4-6(5)2-7/h5-7H,2-4H2,1H3/t5-,6?/m1/s1. The molecule has 1 aliphatic heterocycles. The molecule has 8 heavy (non-hydrogen) atoms. The fraction of sp³-hybridized carbons (Fsp3) is 1.00. The van der Waals surface area contributed by atoms with Gasteiger partial charge in [0.1, 0.15) is 0 Å². The van der Waals surface area contributed by atoms with Gasteiger partial charge in [0.05, 0.1) is 6.61 Å². The summed E-state index contributed by atoms with van der Waals surface area (Å²) in [6, 6.07) is 0. The molecule has 1 N–H and O–H groups in total. The summed E-state index contributed by atoms with van der Waals surface area (Å²) < 4.78 is 5.10. The molecule has 0 saturated carbocycles. The fourth-order valence-corrected chi connectivity index (χ4v) is 0.938. The summed E-state index contributed by atoms with van der Waals surface area (Å²) in [6.07, 6.45) is 0. The van der Waals surface area contributed by atoms with Gasteiger partial charge in [-0.3, -0.25) is 0 Å². The molecule has 0 aromatic rings. The Bertz CT molecular complexity index is 72.9. The van der Waals surface area contributed by atoms with Crippen molar-refractivity contribution in [2.24, 2.45) is 11.8 Å². The minimum atomic E-state index is 0.279. The van der Waals surface area contributed by atoms with Crippen molar-refractivity contribution in [1.82, 2.24) is 0 Å². The highest BCUT2D eigenvalue weighted by Crippen LogP contribution is 2.18. The molecule has 2 atom stereocenters. The van der Waals surface area contributed by atoms with Crippen LogP contribution in [0.15, 0.2) is 0 Å². The van der Waals surface area contributed by atoms with Crippen LogP contribution >= 0.6 is 0 Å². The average Bonchev–Trinajstić information content (AvgIpc) is 2.14. The topological polar surface area (TPSA) is 29.5 Å². The molecule has 1 rings (SSSR count). The fourth-order valence-electron chi connectivity index (χ4n) is 0.938. The summed E-state index contributed by atoms with van der Waals surface area (Å²) in [5, 5.41) is 8.66. The van der Waals surface area contributed by atoms with E-state index >= 15 is 0 Å². The Morgan fingerprint density at radius 2 is 2.38 bits per heavy atom. The zero-order valence-corrected chi connectivity index (χ0v) is 5.13. The molecule has 1 aliphatic rings. The van der Waals surface area contributed by atoms with Crippen LogP contribution in [0.5, 0.6) is 0 Å². The Morgan fingerprint density at radius 3 is 2.62 bits per heavy atom. The van der Waals surface area contributed by atoms with Crippen molar-refractivity contribution in [2.75, 3.05) is 19.8 Å². The van der Waals surface area contributed by atoms with Crippen LogP contribution in [0.4, 0.5) is 0 Å². The van der Waals surface area contributed by atoms with Gasteiger partial charge in [0.25, 0.3) is 0 Å². The number of aliphatic hydroxyl groups is 1. The lowest BCUT2D eigenvalue weighted by atomic mass is 10.00. The Balaban J connectivity index is 2.30. The number of hydrogen-bond acceptors (Lipinski definition) is 2. The molecule has 1 heterocycles. The summed E-state index contributed by atoms with van der Waals surface area (Å²) in [7, 11) is 0. The first-order valence-electron chi connectivity index (χ1n) is 3.03. The Kier molecular flexibility index (Phi) is 1.86. The average molecular weight is 116 g/mol. The Hall–Kier alpha value is -0.0800. The lowest BCUT2D eigenvalue weighted by Gasteiger charge is -2.06. The van der Waals surface area contributed by atoms with Crippen LogP contribution in [-0.4, -0.2) is 24.9 Å². The van der Waals surface area contributed by atoms with Crippen molar-refractivity contribution in [1.29, 1.82) is 0 Å². The monoisotopic (exact) mass is 116 g/mol. The van der Waals surface area contributed by atoms with Gasteiger partial charge in [-0.2, -0.15) is 0 Å². The Labute approximate surface area is 49.5 Å². The molecule has 1 saturated heterocycles. The zero-order chi connectivity index (χ0) is 5.98. The minimum absolute atomic E-state index is 0.279. The third-order valence-corrected chi connectivity index (χ3v) is 1.75. The van der Waals surface area contributed by atoms with E-state index < -0.39 is 0 Å². The van der Waals surface area contributed by atoms with Crippen molar-refractivity contribution < 1.29 is 9.84 Å². The predicted octanol–water partition coefficient (Wildman–Crippen LogP) is 0.261. The predicted molar refractivity (Wildman–Crippen MR) is 30.6 cm³/mol. The van der Waals surface area contributed by atoms with E-state index in [2.05, 4.69) is 6.92 Å². The van der Waals surface area contributed by atoms with Crippen LogP contribution in [0, 0.1) is 11.8 Å². The van der Waals surface area contributed by atoms with Gasteiger partial charge in [0.15, 0.2) is 0 Å². The van der Waals surface area contributed by atoms with Crippen LogP contribution in [-0.2, 0) is 4.74 Å². The maximum Gasteiger partial charge on any atom is 0.0519 e. The first kappa shape index (κ1) is 6.05. The first-order chi connectivity index (χ1) is 3.84. The highest BCUT2D eigenvalue weighted by molar-refractivity contribution is 4.69. The molecule has 1 unspecified atom stereocenters. The maximum absolute atomic E-state index is 8.66. The molecule has 0 amide bonds. The van der Waals surface area contributed by atoms with E-state index in [9.17, 15) is 0 Å². The quantitative estimate of drug-likeness (QED) is 0.532. The minimum Gasteiger partial charge on any atom is -0.396 e. The highest BCUT2D eigenvalue weighted by Gasteiger charge is 2.22. The molecule has 0 bridgehead atoms. The normalized spacial score (nSPS) is 38.2. The Morgan fingerprint density at radius 1 is 1.62 bits per heavy atom. The van der Waals surface area contributed by atoms with Crippen molar-refractivity contribution >= 4 is 0 Å². The molecule has 2 nitrogen and oxygen atoms in total. The van der Waals surface area contributed by atoms with Gasteiger partial charge in [0, 0.05) is 19.1 Å². The smallest absolute Gasteiger partial charge is 0.0519 e. The van der Waals surface area contributed by atoms with E-state index in [0.29, 0.717) is 11.8 Å². The molecule has 1 fully saturated rings. The molecule has 0 spiro atoms. The number of ether oxygens (including phenoxy) is 1. The van der Waals surface area contributed by atoms with Gasteiger partial charge < -0.3 is 9.84 Å². The lowest BCUT2D eigenvalue weighted by Crippen LogP contribution is -2.12. The third-order valence-electron chi connectivity index (χ3n) is 1.75. The molecule has 0 radical (unpaired) electrons. The van der Waals surface area contributed by atoms with Gasteiger partial charge in [-0.25, -0.2) is 0 Å². The zero-order valence-electron chi connectivity index (χ0n) is 5.13. The van der Waals surface area contributed by atoms with E-state index in [0.717, 1.165) is 13.2 Å². The van der Waals surface area contributed by atoms with E-state index in [1.54, 1.807) is 0 Å². The first-order valence-corrected chi connectivity index (χ1v) is 3.03. The lowest BCUT2D eigenvalue weighted by molar-refractivity contribution is 0.160. The van der Waals surface area contributed by atoms with Gasteiger partial charge >= 0.3 is 0 Å². The van der Waals surface area contributed by atoms with Crippen LogP contribution in [0.1, 0.15) is 6.92 Å². The van der Waals surface area contributed by atoms with Gasteiger partial charge in [-0.15, -0.1) is 0 Å². The summed E-state index contributed by atoms with van der Waals surface area (Å²) in [5.41, 5.74) is 0. The second kappa shape index (κ2) is 2.46. The molecular weight excluding hydrogens is 104 g/mol. The number of aliphatic hydroxyl groups excluding tert-OH is 1. The van der Waals surface area contributed by atoms with Crippen LogP contribution < -0.4 is 0 Å². The molecule has 48 valence electrons. The van der Waals surface area contributed by atoms with Gasteiger partial charge in [0.2, 0.25) is 0 Å². The van der Waals surface area contributed by atoms with Crippen molar-refractivity contribution in [2.45, 2.75) is 6.92 Å². The summed E-state index contributed by atoms with van der Waals surface area (Å²) in [4.78, 5) is 0. The number of hydrogen-bond donors (Lipinski definition) is 1. The maximum atomic E-state index is 8.66. The van der Waals surface area contributed by atoms with E-state index in [4.69, 9.17) is 9.84 Å². The van der Waals surface area contributed by atoms with Crippen molar-refractivity contribution in [3.63, 3.8) is 0 Å². The SMILES string of the molecule is C[C@@H]1COCC1CO. The highest BCUT2D eigenvalue weighted by atomic mass is 16.5. The molecule has 0 aromatic carbocycles. The summed E-state index contributed by atoms with van der Waals surface area (Å²) >= 11 is 0. The molecule has 2 heteroatoms. The van der Waals surface area contributed by atoms with Gasteiger partial charge in [-0.1, -0.05) is 6.92 Å². The second-order valence-corrected chi connectivity index (χ2v) is 2.46. The second-order valence-electron chi connectivity index (χ2n) is 2.46. The van der Waals surface area contributed by atoms with Crippen molar-refractivity contribution in [3.8, 4) is 0 Å². The van der Waals surface area contributed by atoms with Crippen molar-refractivity contribution in [3.05, 3.63) is 0 Å². The van der Waals surface area contributed by atoms with E-state index in [1.165, 1.54) is 0 Å². The summed E-state index contributed by atoms with van der Waals surface area (Å²) in [6.45, 7) is 3.96. The molecule has 0 aliphatic carbocycles.